The van der Waals surface area contributed by atoms with Crippen molar-refractivity contribution < 1.29 is 81.3 Å². The van der Waals surface area contributed by atoms with E-state index in [9.17, 15) is 47.9 Å². The zero-order valence-electron chi connectivity index (χ0n) is 80.5. The van der Waals surface area contributed by atoms with E-state index in [4.69, 9.17) is 58.1 Å². The number of ketones is 2. The van der Waals surface area contributed by atoms with Gasteiger partial charge in [0, 0.05) is 129 Å². The lowest BCUT2D eigenvalue weighted by atomic mass is 9.75. The number of thiazole rings is 3. The standard InChI is InChI=1S/C25H26N2O3S.C24H24N2O3S.C21H24BNO5.C15H12BrNO3.C9H13ClN2S.C8H9NO2.C7H4BrClO/c1-30-24(29)19-11-9-18(10-12-19)15-23(28)22-8-4-3-7-20(22)16-21-17-31-25(26-21)27-13-5-2-6-14-27;27-22(14-17-8-10-18(11-9-17)23(28)29)21-7-3-2-6-19(21)15-20-16-30-24(25-20)26-12-4-1-5-13-26;1-20(2)21(3,4)28-22(27-20)17-9-7-6-8-16(17)18(24)23-15-12-10-14(11-13-15)19(25)26-5;1-20-15(19)10-6-8-11(9-7-10)17-14(18)12-4-2-3-5-13(12)16;10-6-8-7-13-9(11-8)12-4-2-1-3-5-12;1-11-8(10)6-2-4-7(9)5-3-6;8-6-4-2-1-3-5(6)7(9)10/h3-4,7-12,17H,2,5-6,13-16H2,1H3;2-3,6-11,16H,1,4-5,12-15H2,(H,28,29);6-13H,1-5H3,(H,23,24);2-9H,1H3,(H,17,18);7H,1-6H2;2-5H,9H2,1H3;1-4H. The van der Waals surface area contributed by atoms with Crippen LogP contribution in [0.5, 0.6) is 0 Å². The lowest BCUT2D eigenvalue weighted by molar-refractivity contribution is 0.00578. The number of nitrogen functional groups attached to an aromatic ring is 1. The Morgan fingerprint density at radius 3 is 1.06 bits per heavy atom. The smallest absolute Gasteiger partial charge is 0.478 e. The maximum atomic E-state index is 13.0. The topological polar surface area (TPSA) is 345 Å². The van der Waals surface area contributed by atoms with E-state index in [0.717, 1.165) is 109 Å². The SMILES string of the molecule is COC(=O)c1ccc(CC(=O)c2ccccc2Cc2csc(N3CCCCC3)n2)cc1.COC(=O)c1ccc(N)cc1.COC(=O)c1ccc(NC(=O)c2ccccc2B2OC(C)(C)C(C)(C)O2)cc1.COC(=O)c1ccc(NC(=O)c2ccccc2Br)cc1.ClCc1csc(N2CCCCC2)n1.O=C(Cl)c1ccccc1Br.O=C(O)c1ccc(CC(=O)c2ccccc2Cc2csc(N3CCCCC3)n2)cc1. The number of methoxy groups -OCH3 is 4. The maximum Gasteiger partial charge on any atom is 0.495 e. The third-order valence-electron chi connectivity index (χ3n) is 23.7. The lowest BCUT2D eigenvalue weighted by Gasteiger charge is -2.32. The van der Waals surface area contributed by atoms with Gasteiger partial charge in [0.1, 0.15) is 0 Å². The highest BCUT2D eigenvalue weighted by atomic mass is 79.9. The minimum Gasteiger partial charge on any atom is -0.478 e. The molecule has 0 aliphatic carbocycles. The molecule has 0 radical (unpaired) electrons. The van der Waals surface area contributed by atoms with Gasteiger partial charge in [0.25, 0.3) is 17.1 Å². The van der Waals surface area contributed by atoms with Crippen molar-refractivity contribution >= 4 is 193 Å². The maximum absolute atomic E-state index is 13.0. The number of anilines is 6. The van der Waals surface area contributed by atoms with Crippen LogP contribution in [0.4, 0.5) is 32.5 Å². The summed E-state index contributed by atoms with van der Waals surface area (Å²) in [5, 5.41) is 23.8. The molecule has 34 heteroatoms. The number of amides is 2. The average molecular weight is 2160 g/mol. The van der Waals surface area contributed by atoms with Gasteiger partial charge in [0.05, 0.1) is 96.0 Å². The molecule has 0 spiro atoms. The quantitative estimate of drug-likeness (QED) is 0.00785. The van der Waals surface area contributed by atoms with Gasteiger partial charge in [0.15, 0.2) is 27.0 Å². The summed E-state index contributed by atoms with van der Waals surface area (Å²) in [6.07, 6.45) is 13.3. The van der Waals surface area contributed by atoms with Gasteiger partial charge in [-0.25, -0.2) is 38.9 Å². The lowest BCUT2D eigenvalue weighted by Crippen LogP contribution is -2.41. The number of nitrogens with two attached hydrogens (primary N) is 1. The van der Waals surface area contributed by atoms with Crippen LogP contribution >= 0.6 is 89.1 Å². The van der Waals surface area contributed by atoms with Gasteiger partial charge < -0.3 is 64.4 Å². The number of hydrogen-bond donors (Lipinski definition) is 4. The van der Waals surface area contributed by atoms with Crippen molar-refractivity contribution in [3.8, 4) is 0 Å². The predicted molar refractivity (Wildman–Crippen MR) is 574 cm³/mol. The molecule has 26 nitrogen and oxygen atoms in total. The fraction of sp³-hybridized carbons (Fsp3) is 0.275. The molecule has 7 heterocycles. The molecule has 13 aromatic rings. The number of alkyl halides is 1. The highest BCUT2D eigenvalue weighted by Gasteiger charge is 2.52. The van der Waals surface area contributed by atoms with Crippen molar-refractivity contribution in [3.63, 3.8) is 0 Å². The van der Waals surface area contributed by atoms with Crippen LogP contribution in [0.2, 0.25) is 0 Å². The molecular weight excluding hydrogens is 2040 g/mol. The second-order valence-corrected chi connectivity index (χ2v) is 39.1. The van der Waals surface area contributed by atoms with Crippen LogP contribution in [-0.4, -0.2) is 165 Å². The minimum atomic E-state index is -0.967. The molecule has 4 saturated heterocycles. The van der Waals surface area contributed by atoms with Gasteiger partial charge in [-0.05, 0) is 268 Å². The molecule has 143 heavy (non-hydrogen) atoms. The van der Waals surface area contributed by atoms with Gasteiger partial charge in [-0.2, -0.15) is 0 Å². The Balaban J connectivity index is 0.000000165. The summed E-state index contributed by atoms with van der Waals surface area (Å²) >= 11 is 22.5. The number of Topliss-reactive ketones (excluding diaryl/α,β-unsaturated/α-hetero) is 2. The Labute approximate surface area is 871 Å². The summed E-state index contributed by atoms with van der Waals surface area (Å²) in [6, 6.07) is 69.9. The molecule has 3 aromatic heterocycles. The van der Waals surface area contributed by atoms with E-state index in [1.807, 2.05) is 100 Å². The molecule has 17 rings (SSSR count). The normalized spacial score (nSPS) is 13.7. The molecular formula is C109H112BBr2Cl2N9O17S3. The van der Waals surface area contributed by atoms with E-state index in [1.54, 1.807) is 192 Å². The molecule has 5 N–H and O–H groups in total. The van der Waals surface area contributed by atoms with Crippen LogP contribution in [0.1, 0.15) is 228 Å². The number of carbonyl (C=O) groups excluding carboxylic acids is 9. The second-order valence-electron chi connectivity index (χ2n) is 34.3. The van der Waals surface area contributed by atoms with Crippen LogP contribution in [0.3, 0.4) is 0 Å². The summed E-state index contributed by atoms with van der Waals surface area (Å²) < 4.78 is 32.2. The first-order valence-electron chi connectivity index (χ1n) is 46.3. The third kappa shape index (κ3) is 32.8. The number of nitrogens with one attached hydrogen (secondary N) is 2. The molecule has 4 aliphatic rings. The first-order chi connectivity index (χ1) is 68.8. The number of carbonyl (C=O) groups is 10. The van der Waals surface area contributed by atoms with Gasteiger partial charge in [-0.3, -0.25) is 24.0 Å². The number of aromatic nitrogens is 3. The van der Waals surface area contributed by atoms with Crippen molar-refractivity contribution in [3.05, 3.63) is 363 Å². The largest absolute Gasteiger partial charge is 0.495 e. The number of esters is 4. The number of halogens is 4. The number of benzene rings is 10. The molecule has 0 bridgehead atoms. The van der Waals surface area contributed by atoms with Crippen molar-refractivity contribution in [1.82, 2.24) is 15.0 Å². The monoisotopic (exact) mass is 2150 g/mol. The highest BCUT2D eigenvalue weighted by Crippen LogP contribution is 2.38. The first-order valence-corrected chi connectivity index (χ1v) is 51.4. The Hall–Kier alpha value is -12.9. The number of carboxylic acids is 1. The molecule has 4 aliphatic heterocycles. The molecule has 744 valence electrons. The van der Waals surface area contributed by atoms with Crippen molar-refractivity contribution in [2.24, 2.45) is 0 Å². The van der Waals surface area contributed by atoms with E-state index >= 15 is 0 Å². The van der Waals surface area contributed by atoms with E-state index in [0.29, 0.717) is 85.8 Å². The number of nitrogens with zero attached hydrogens (tertiary/aromatic N) is 6. The second kappa shape index (κ2) is 55.1. The van der Waals surface area contributed by atoms with Gasteiger partial charge in [-0.15, -0.1) is 45.6 Å². The highest BCUT2D eigenvalue weighted by molar-refractivity contribution is 9.10. The molecule has 0 saturated carbocycles. The van der Waals surface area contributed by atoms with E-state index in [-0.39, 0.29) is 53.7 Å². The summed E-state index contributed by atoms with van der Waals surface area (Å²) in [6.45, 7) is 14.5. The van der Waals surface area contributed by atoms with Crippen molar-refractivity contribution in [1.29, 1.82) is 0 Å². The number of ether oxygens (including phenoxy) is 4. The average Bonchev–Trinajstić information content (AvgIpc) is 1.61. The van der Waals surface area contributed by atoms with E-state index in [1.165, 1.54) is 98.4 Å². The van der Waals surface area contributed by atoms with Crippen LogP contribution in [0.15, 0.2) is 268 Å². The zero-order valence-corrected chi connectivity index (χ0v) is 87.7. The summed E-state index contributed by atoms with van der Waals surface area (Å²) in [7, 11) is 4.72. The van der Waals surface area contributed by atoms with E-state index in [2.05, 4.69) is 92.5 Å². The Morgan fingerprint density at radius 1 is 0.406 bits per heavy atom. The molecule has 0 atom stereocenters. The molecule has 2 amide bonds. The van der Waals surface area contributed by atoms with Crippen LogP contribution in [0, 0.1) is 0 Å². The van der Waals surface area contributed by atoms with Crippen molar-refractivity contribution in [2.45, 2.75) is 128 Å². The summed E-state index contributed by atoms with van der Waals surface area (Å²) in [5.74, 6) is -2.40. The van der Waals surface area contributed by atoms with Crippen LogP contribution < -0.4 is 36.5 Å². The van der Waals surface area contributed by atoms with Crippen molar-refractivity contribution in [2.75, 3.05) is 98.8 Å². The number of piperidine rings is 3. The number of hydrogen-bond acceptors (Lipinski definition) is 26. The summed E-state index contributed by atoms with van der Waals surface area (Å²) in [4.78, 5) is 139. The number of aromatic carboxylic acids is 1. The van der Waals surface area contributed by atoms with Crippen LogP contribution in [0.25, 0.3) is 0 Å². The predicted octanol–water partition coefficient (Wildman–Crippen LogP) is 23.1. The Morgan fingerprint density at radius 2 is 0.713 bits per heavy atom. The number of rotatable bonds is 25. The van der Waals surface area contributed by atoms with Gasteiger partial charge in [-0.1, -0.05) is 131 Å². The van der Waals surface area contributed by atoms with Crippen LogP contribution in [-0.2, 0) is 59.8 Å². The van der Waals surface area contributed by atoms with Gasteiger partial charge >= 0.3 is 37.0 Å². The molecule has 10 aromatic carbocycles. The van der Waals surface area contributed by atoms with Gasteiger partial charge in [0.2, 0.25) is 0 Å². The van der Waals surface area contributed by atoms with E-state index < -0.39 is 41.5 Å². The zero-order chi connectivity index (χ0) is 103. The number of carboxylic acid groups (broad SMARTS) is 1. The molecule has 0 unspecified atom stereocenters. The fourth-order valence-electron chi connectivity index (χ4n) is 15.2. The third-order valence-corrected chi connectivity index (χ3v) is 28.4. The minimum absolute atomic E-state index is 0.0279. The molecule has 4 fully saturated rings. The fourth-order valence-corrected chi connectivity index (χ4v) is 19.3. The first kappa shape index (κ1) is 110. The Bertz CT molecular complexity index is 6460. The Kier molecular flexibility index (Phi) is 42.6. The summed E-state index contributed by atoms with van der Waals surface area (Å²) in [5.41, 5.74) is 18.6.